The molecule has 60 valence electrons. The molecule has 3 fully saturated rings. The van der Waals surface area contributed by atoms with Crippen LogP contribution in [0.5, 0.6) is 0 Å². The Bertz CT molecular complexity index is 198. The molecule has 3 heteroatoms. The molecule has 0 aromatic rings. The van der Waals surface area contributed by atoms with Crippen LogP contribution in [0.1, 0.15) is 19.8 Å². The molecule has 0 unspecified atom stereocenters. The van der Waals surface area contributed by atoms with Crippen molar-refractivity contribution in [1.29, 1.82) is 0 Å². The van der Waals surface area contributed by atoms with Crippen LogP contribution in [0, 0.1) is 11.8 Å². The average Bonchev–Trinajstić information content (AvgIpc) is 1.83. The first kappa shape index (κ1) is 6.83. The van der Waals surface area contributed by atoms with E-state index in [1.165, 1.54) is 4.90 Å². The molecule has 0 atom stereocenters. The maximum absolute atomic E-state index is 11.3. The number of hydrogen-bond acceptors (Lipinski definition) is 2. The third-order valence-electron chi connectivity index (χ3n) is 2.68. The highest BCUT2D eigenvalue weighted by Crippen LogP contribution is 2.40. The highest BCUT2D eigenvalue weighted by atomic mass is 16.2. The summed E-state index contributed by atoms with van der Waals surface area (Å²) in [5.74, 6) is 0.468. The van der Waals surface area contributed by atoms with E-state index in [4.69, 9.17) is 0 Å². The summed E-state index contributed by atoms with van der Waals surface area (Å²) < 4.78 is 0. The van der Waals surface area contributed by atoms with Gasteiger partial charge in [-0.1, -0.05) is 0 Å². The highest BCUT2D eigenvalue weighted by molar-refractivity contribution is 6.02. The van der Waals surface area contributed by atoms with Crippen molar-refractivity contribution in [2.24, 2.45) is 11.8 Å². The van der Waals surface area contributed by atoms with E-state index >= 15 is 0 Å². The summed E-state index contributed by atoms with van der Waals surface area (Å²) in [4.78, 5) is 24.0. The number of hydrogen-bond donors (Lipinski definition) is 0. The second kappa shape index (κ2) is 2.06. The van der Waals surface area contributed by atoms with Gasteiger partial charge in [0.05, 0.1) is 0 Å². The zero-order chi connectivity index (χ0) is 8.01. The number of amides is 2. The maximum atomic E-state index is 11.3. The zero-order valence-electron chi connectivity index (χ0n) is 6.54. The smallest absolute Gasteiger partial charge is 0.232 e. The lowest BCUT2D eigenvalue weighted by atomic mass is 9.70. The number of rotatable bonds is 1. The SMILES string of the molecule is CCN1C(=O)C2CC(C2)C1=O. The standard InChI is InChI=1S/C8H11NO2/c1-2-9-7(10)5-3-6(4-5)8(9)11/h5-6H,2-4H2,1H3. The Morgan fingerprint density at radius 2 is 1.73 bits per heavy atom. The fourth-order valence-electron chi connectivity index (χ4n) is 1.88. The molecular formula is C8H11NO2. The molecule has 0 aromatic carbocycles. The molecule has 2 bridgehead atoms. The second-order valence-electron chi connectivity index (χ2n) is 3.29. The van der Waals surface area contributed by atoms with Crippen LogP contribution in [0.3, 0.4) is 0 Å². The summed E-state index contributed by atoms with van der Waals surface area (Å²) in [6, 6.07) is 0. The maximum Gasteiger partial charge on any atom is 0.232 e. The Kier molecular flexibility index (Phi) is 1.28. The molecule has 0 spiro atoms. The largest absolute Gasteiger partial charge is 0.282 e. The fourth-order valence-corrected chi connectivity index (χ4v) is 1.88. The van der Waals surface area contributed by atoms with E-state index in [-0.39, 0.29) is 23.7 Å². The van der Waals surface area contributed by atoms with Gasteiger partial charge in [0.25, 0.3) is 0 Å². The molecule has 0 N–H and O–H groups in total. The van der Waals surface area contributed by atoms with Crippen LogP contribution in [0.25, 0.3) is 0 Å². The minimum absolute atomic E-state index is 0.0556. The molecule has 0 radical (unpaired) electrons. The summed E-state index contributed by atoms with van der Waals surface area (Å²) >= 11 is 0. The first-order valence-electron chi connectivity index (χ1n) is 4.09. The molecule has 3 nitrogen and oxygen atoms in total. The lowest BCUT2D eigenvalue weighted by Crippen LogP contribution is -2.56. The van der Waals surface area contributed by atoms with Gasteiger partial charge in [-0.05, 0) is 19.8 Å². The molecule has 3 aliphatic rings. The molecular weight excluding hydrogens is 142 g/mol. The number of nitrogens with zero attached hydrogens (tertiary/aromatic N) is 1. The van der Waals surface area contributed by atoms with Gasteiger partial charge in [0.15, 0.2) is 0 Å². The van der Waals surface area contributed by atoms with E-state index in [0.717, 1.165) is 12.8 Å². The molecule has 2 heterocycles. The highest BCUT2D eigenvalue weighted by Gasteiger charge is 2.48. The van der Waals surface area contributed by atoms with Crippen LogP contribution in [0.15, 0.2) is 0 Å². The van der Waals surface area contributed by atoms with Crippen molar-refractivity contribution in [2.75, 3.05) is 6.54 Å². The predicted molar refractivity (Wildman–Crippen MR) is 38.6 cm³/mol. The van der Waals surface area contributed by atoms with Crippen molar-refractivity contribution < 1.29 is 9.59 Å². The van der Waals surface area contributed by atoms with Gasteiger partial charge in [0, 0.05) is 18.4 Å². The molecule has 2 aliphatic heterocycles. The number of fused-ring (bicyclic) bond motifs is 2. The predicted octanol–water partition coefficient (Wildman–Crippen LogP) is 0.401. The molecule has 2 amide bonds. The average molecular weight is 153 g/mol. The normalized spacial score (nSPS) is 35.5. The molecule has 3 rings (SSSR count). The quantitative estimate of drug-likeness (QED) is 0.511. The van der Waals surface area contributed by atoms with E-state index in [1.807, 2.05) is 6.92 Å². The van der Waals surface area contributed by atoms with E-state index in [0.29, 0.717) is 6.54 Å². The first-order chi connectivity index (χ1) is 5.24. The number of piperidine rings is 2. The monoisotopic (exact) mass is 153 g/mol. The molecule has 2 saturated heterocycles. The van der Waals surface area contributed by atoms with E-state index in [2.05, 4.69) is 0 Å². The second-order valence-corrected chi connectivity index (χ2v) is 3.29. The lowest BCUT2D eigenvalue weighted by molar-refractivity contribution is -0.164. The van der Waals surface area contributed by atoms with Gasteiger partial charge in [-0.15, -0.1) is 0 Å². The summed E-state index contributed by atoms with van der Waals surface area (Å²) in [7, 11) is 0. The van der Waals surface area contributed by atoms with Crippen molar-refractivity contribution in [1.82, 2.24) is 4.90 Å². The van der Waals surface area contributed by atoms with Crippen molar-refractivity contribution in [3.8, 4) is 0 Å². The van der Waals surface area contributed by atoms with E-state index in [9.17, 15) is 9.59 Å². The van der Waals surface area contributed by atoms with Gasteiger partial charge in [-0.3, -0.25) is 14.5 Å². The van der Waals surface area contributed by atoms with Gasteiger partial charge in [0.2, 0.25) is 11.8 Å². The van der Waals surface area contributed by atoms with E-state index in [1.54, 1.807) is 0 Å². The van der Waals surface area contributed by atoms with Gasteiger partial charge >= 0.3 is 0 Å². The Balaban J connectivity index is 2.21. The third kappa shape index (κ3) is 0.737. The van der Waals surface area contributed by atoms with Crippen molar-refractivity contribution >= 4 is 11.8 Å². The topological polar surface area (TPSA) is 37.4 Å². The number of carbonyl (C=O) groups excluding carboxylic acids is 2. The van der Waals surface area contributed by atoms with Gasteiger partial charge in [0.1, 0.15) is 0 Å². The Morgan fingerprint density at radius 3 is 2.00 bits per heavy atom. The molecule has 11 heavy (non-hydrogen) atoms. The van der Waals surface area contributed by atoms with Crippen molar-refractivity contribution in [2.45, 2.75) is 19.8 Å². The van der Waals surface area contributed by atoms with Crippen LogP contribution in [-0.4, -0.2) is 23.3 Å². The summed E-state index contributed by atoms with van der Waals surface area (Å²) in [6.45, 7) is 2.39. The zero-order valence-corrected chi connectivity index (χ0v) is 6.54. The third-order valence-corrected chi connectivity index (χ3v) is 2.68. The van der Waals surface area contributed by atoms with Gasteiger partial charge < -0.3 is 0 Å². The van der Waals surface area contributed by atoms with Crippen molar-refractivity contribution in [3.63, 3.8) is 0 Å². The molecule has 1 aliphatic carbocycles. The van der Waals surface area contributed by atoms with Crippen molar-refractivity contribution in [3.05, 3.63) is 0 Å². The van der Waals surface area contributed by atoms with Crippen LogP contribution in [0.4, 0.5) is 0 Å². The summed E-state index contributed by atoms with van der Waals surface area (Å²) in [5, 5.41) is 0. The Labute approximate surface area is 65.4 Å². The summed E-state index contributed by atoms with van der Waals surface area (Å²) in [5.41, 5.74) is 0. The number of carbonyl (C=O) groups is 2. The number of imide groups is 1. The van der Waals surface area contributed by atoms with Crippen LogP contribution >= 0.6 is 0 Å². The minimum atomic E-state index is 0.0556. The minimum Gasteiger partial charge on any atom is -0.282 e. The first-order valence-corrected chi connectivity index (χ1v) is 4.09. The summed E-state index contributed by atoms with van der Waals surface area (Å²) in [6.07, 6.45) is 1.63. The lowest BCUT2D eigenvalue weighted by Gasteiger charge is -2.43. The van der Waals surface area contributed by atoms with Crippen LogP contribution in [0.2, 0.25) is 0 Å². The fraction of sp³-hybridized carbons (Fsp3) is 0.750. The van der Waals surface area contributed by atoms with Gasteiger partial charge in [-0.2, -0.15) is 0 Å². The van der Waals surface area contributed by atoms with Crippen LogP contribution in [-0.2, 0) is 9.59 Å². The van der Waals surface area contributed by atoms with Crippen LogP contribution < -0.4 is 0 Å². The Morgan fingerprint density at radius 1 is 1.27 bits per heavy atom. The Hall–Kier alpha value is -0.860. The van der Waals surface area contributed by atoms with E-state index < -0.39 is 0 Å². The molecule has 0 aromatic heterocycles. The molecule has 1 saturated carbocycles. The van der Waals surface area contributed by atoms with Gasteiger partial charge in [-0.25, -0.2) is 0 Å².